The van der Waals surface area contributed by atoms with Crippen molar-refractivity contribution in [3.05, 3.63) is 50.9 Å². The fourth-order valence-electron chi connectivity index (χ4n) is 3.79. The van der Waals surface area contributed by atoms with Crippen LogP contribution in [0.2, 0.25) is 5.02 Å². The molecule has 1 atom stereocenters. The van der Waals surface area contributed by atoms with Gasteiger partial charge in [0.15, 0.2) is 0 Å². The fourth-order valence-corrected chi connectivity index (χ4v) is 3.92. The SMILES string of the molecule is CCCCC1CN(C(=O)C2CC2)Cc2c1nc(-c1ccc(Cl)cc1)[nH]c2=O. The topological polar surface area (TPSA) is 66.1 Å². The van der Waals surface area contributed by atoms with Gasteiger partial charge in [-0.05, 0) is 43.5 Å². The zero-order chi connectivity index (χ0) is 19.0. The van der Waals surface area contributed by atoms with Gasteiger partial charge in [0.25, 0.3) is 5.56 Å². The van der Waals surface area contributed by atoms with Gasteiger partial charge in [-0.25, -0.2) is 4.98 Å². The van der Waals surface area contributed by atoms with Gasteiger partial charge in [0.05, 0.1) is 17.8 Å². The number of fused-ring (bicyclic) bond motifs is 1. The van der Waals surface area contributed by atoms with E-state index in [1.54, 1.807) is 12.1 Å². The molecule has 1 saturated carbocycles. The van der Waals surface area contributed by atoms with Crippen LogP contribution in [0.25, 0.3) is 11.4 Å². The molecule has 2 heterocycles. The second-order valence-electron chi connectivity index (χ2n) is 7.62. The number of benzene rings is 1. The Morgan fingerprint density at radius 2 is 2.04 bits per heavy atom. The monoisotopic (exact) mass is 385 g/mol. The van der Waals surface area contributed by atoms with E-state index in [-0.39, 0.29) is 23.3 Å². The molecular formula is C21H24ClN3O2. The highest BCUT2D eigenvalue weighted by Gasteiger charge is 2.38. The largest absolute Gasteiger partial charge is 0.337 e. The summed E-state index contributed by atoms with van der Waals surface area (Å²) in [4.78, 5) is 35.0. The van der Waals surface area contributed by atoms with E-state index < -0.39 is 0 Å². The van der Waals surface area contributed by atoms with Gasteiger partial charge in [0, 0.05) is 29.0 Å². The van der Waals surface area contributed by atoms with Crippen LogP contribution in [0.15, 0.2) is 29.1 Å². The van der Waals surface area contributed by atoms with E-state index in [9.17, 15) is 9.59 Å². The van der Waals surface area contributed by atoms with Crippen molar-refractivity contribution in [2.75, 3.05) is 6.54 Å². The van der Waals surface area contributed by atoms with Crippen LogP contribution in [0.1, 0.15) is 56.2 Å². The zero-order valence-corrected chi connectivity index (χ0v) is 16.3. The number of hydrogen-bond acceptors (Lipinski definition) is 3. The first-order chi connectivity index (χ1) is 13.1. The number of rotatable bonds is 5. The Hall–Kier alpha value is -2.14. The van der Waals surface area contributed by atoms with Crippen LogP contribution in [0, 0.1) is 5.92 Å². The molecule has 0 spiro atoms. The summed E-state index contributed by atoms with van der Waals surface area (Å²) in [6.07, 6.45) is 5.03. The van der Waals surface area contributed by atoms with Crippen LogP contribution in [0.4, 0.5) is 0 Å². The van der Waals surface area contributed by atoms with Crippen LogP contribution in [0.3, 0.4) is 0 Å². The molecule has 1 fully saturated rings. The van der Waals surface area contributed by atoms with Gasteiger partial charge in [0.1, 0.15) is 5.82 Å². The zero-order valence-electron chi connectivity index (χ0n) is 15.5. The Morgan fingerprint density at radius 1 is 1.30 bits per heavy atom. The van der Waals surface area contributed by atoms with Crippen molar-refractivity contribution in [2.45, 2.75) is 51.5 Å². The summed E-state index contributed by atoms with van der Waals surface area (Å²) in [5.41, 5.74) is 2.20. The fraction of sp³-hybridized carbons (Fsp3) is 0.476. The number of amides is 1. The summed E-state index contributed by atoms with van der Waals surface area (Å²) in [6.45, 7) is 3.19. The molecule has 4 rings (SSSR count). The van der Waals surface area contributed by atoms with Crippen molar-refractivity contribution in [1.29, 1.82) is 0 Å². The Balaban J connectivity index is 1.72. The Kier molecular flexibility index (Phi) is 5.04. The molecule has 27 heavy (non-hydrogen) atoms. The van der Waals surface area contributed by atoms with E-state index in [1.165, 1.54) is 0 Å². The number of carbonyl (C=O) groups is 1. The molecule has 1 aromatic heterocycles. The van der Waals surface area contributed by atoms with Crippen LogP contribution < -0.4 is 5.56 Å². The molecule has 2 aromatic rings. The summed E-state index contributed by atoms with van der Waals surface area (Å²) in [7, 11) is 0. The van der Waals surface area contributed by atoms with Crippen LogP contribution in [0.5, 0.6) is 0 Å². The molecule has 0 bridgehead atoms. The standard InChI is InChI=1S/C21H24ClN3O2/c1-2-3-4-15-11-25(21(27)14-5-6-14)12-17-18(15)23-19(24-20(17)26)13-7-9-16(22)10-8-13/h7-10,14-15H,2-6,11-12H2,1H3,(H,23,24,26). The van der Waals surface area contributed by atoms with Crippen molar-refractivity contribution in [3.8, 4) is 11.4 Å². The number of aromatic amines is 1. The van der Waals surface area contributed by atoms with Crippen LogP contribution >= 0.6 is 11.6 Å². The molecule has 1 N–H and O–H groups in total. The number of H-pyrrole nitrogens is 1. The van der Waals surface area contributed by atoms with Gasteiger partial charge < -0.3 is 9.88 Å². The third-order valence-corrected chi connectivity index (χ3v) is 5.74. The first-order valence-electron chi connectivity index (χ1n) is 9.74. The maximum Gasteiger partial charge on any atom is 0.256 e. The molecule has 6 heteroatoms. The molecule has 2 aliphatic rings. The Labute approximate surface area is 163 Å². The lowest BCUT2D eigenvalue weighted by molar-refractivity contribution is -0.133. The van der Waals surface area contributed by atoms with Gasteiger partial charge >= 0.3 is 0 Å². The first-order valence-corrected chi connectivity index (χ1v) is 10.1. The van der Waals surface area contributed by atoms with Gasteiger partial charge in [-0.2, -0.15) is 0 Å². The Morgan fingerprint density at radius 3 is 2.70 bits per heavy atom. The smallest absolute Gasteiger partial charge is 0.256 e. The molecule has 0 saturated heterocycles. The number of unbranched alkanes of at least 4 members (excludes halogenated alkanes) is 1. The average molecular weight is 386 g/mol. The molecule has 0 radical (unpaired) electrons. The minimum Gasteiger partial charge on any atom is -0.337 e. The van der Waals surface area contributed by atoms with E-state index in [0.717, 1.165) is 43.4 Å². The third-order valence-electron chi connectivity index (χ3n) is 5.49. The number of aromatic nitrogens is 2. The van der Waals surface area contributed by atoms with Crippen molar-refractivity contribution >= 4 is 17.5 Å². The molecular weight excluding hydrogens is 362 g/mol. The van der Waals surface area contributed by atoms with Crippen LogP contribution in [-0.2, 0) is 11.3 Å². The number of hydrogen-bond donors (Lipinski definition) is 1. The second-order valence-corrected chi connectivity index (χ2v) is 8.05. The van der Waals surface area contributed by atoms with E-state index in [0.29, 0.717) is 29.5 Å². The highest BCUT2D eigenvalue weighted by molar-refractivity contribution is 6.30. The molecule has 1 aliphatic carbocycles. The predicted octanol–water partition coefficient (Wildman–Crippen LogP) is 4.12. The van der Waals surface area contributed by atoms with E-state index >= 15 is 0 Å². The van der Waals surface area contributed by atoms with Crippen molar-refractivity contribution in [3.63, 3.8) is 0 Å². The van der Waals surface area contributed by atoms with Gasteiger partial charge in [-0.15, -0.1) is 0 Å². The number of halogens is 1. The average Bonchev–Trinajstić information content (AvgIpc) is 3.51. The van der Waals surface area contributed by atoms with Gasteiger partial charge in [-0.1, -0.05) is 31.4 Å². The maximum absolute atomic E-state index is 12.8. The minimum atomic E-state index is -0.139. The molecule has 1 aliphatic heterocycles. The highest BCUT2D eigenvalue weighted by atomic mass is 35.5. The summed E-state index contributed by atoms with van der Waals surface area (Å²) in [5, 5.41) is 0.647. The quantitative estimate of drug-likeness (QED) is 0.841. The molecule has 142 valence electrons. The maximum atomic E-state index is 12.8. The van der Waals surface area contributed by atoms with Gasteiger partial charge in [-0.3, -0.25) is 9.59 Å². The lowest BCUT2D eigenvalue weighted by Crippen LogP contribution is -2.42. The lowest BCUT2D eigenvalue weighted by atomic mass is 9.90. The number of nitrogens with zero attached hydrogens (tertiary/aromatic N) is 2. The van der Waals surface area contributed by atoms with E-state index in [4.69, 9.17) is 16.6 Å². The molecule has 1 unspecified atom stereocenters. The molecule has 1 amide bonds. The summed E-state index contributed by atoms with van der Waals surface area (Å²) >= 11 is 5.97. The van der Waals surface area contributed by atoms with Crippen LogP contribution in [-0.4, -0.2) is 27.3 Å². The van der Waals surface area contributed by atoms with E-state index in [1.807, 2.05) is 17.0 Å². The summed E-state index contributed by atoms with van der Waals surface area (Å²) < 4.78 is 0. The molecule has 1 aromatic carbocycles. The number of nitrogens with one attached hydrogen (secondary N) is 1. The minimum absolute atomic E-state index is 0.116. The summed E-state index contributed by atoms with van der Waals surface area (Å²) in [5.74, 6) is 1.05. The normalized spacial score (nSPS) is 19.0. The second kappa shape index (κ2) is 7.47. The van der Waals surface area contributed by atoms with Crippen molar-refractivity contribution < 1.29 is 4.79 Å². The lowest BCUT2D eigenvalue weighted by Gasteiger charge is -2.34. The highest BCUT2D eigenvalue weighted by Crippen LogP contribution is 2.36. The number of carbonyl (C=O) groups excluding carboxylic acids is 1. The summed E-state index contributed by atoms with van der Waals surface area (Å²) in [6, 6.07) is 7.31. The van der Waals surface area contributed by atoms with Crippen molar-refractivity contribution in [2.24, 2.45) is 5.92 Å². The van der Waals surface area contributed by atoms with Crippen molar-refractivity contribution in [1.82, 2.24) is 14.9 Å². The Bertz CT molecular complexity index is 903. The predicted molar refractivity (Wildman–Crippen MR) is 106 cm³/mol. The van der Waals surface area contributed by atoms with E-state index in [2.05, 4.69) is 11.9 Å². The van der Waals surface area contributed by atoms with Gasteiger partial charge in [0.2, 0.25) is 5.91 Å². The first kappa shape index (κ1) is 18.2. The molecule has 5 nitrogen and oxygen atoms in total. The third kappa shape index (κ3) is 3.79.